The normalized spacial score (nSPS) is 21.5. The lowest BCUT2D eigenvalue weighted by molar-refractivity contribution is -0.125. The van der Waals surface area contributed by atoms with E-state index in [-0.39, 0.29) is 36.1 Å². The molecule has 0 saturated carbocycles. The second kappa shape index (κ2) is 7.82. The number of nitrogens with zero attached hydrogens (tertiary/aromatic N) is 1. The lowest BCUT2D eigenvalue weighted by atomic mass is 9.96. The first-order valence-corrected chi connectivity index (χ1v) is 10.2. The van der Waals surface area contributed by atoms with Gasteiger partial charge in [-0.3, -0.25) is 19.7 Å². The van der Waals surface area contributed by atoms with Crippen molar-refractivity contribution in [1.82, 2.24) is 10.2 Å². The first kappa shape index (κ1) is 19.4. The highest BCUT2D eigenvalue weighted by atomic mass is 16.2. The molecule has 3 amide bonds. The Morgan fingerprint density at radius 3 is 2.48 bits per heavy atom. The van der Waals surface area contributed by atoms with Crippen LogP contribution in [0.3, 0.4) is 0 Å². The summed E-state index contributed by atoms with van der Waals surface area (Å²) < 4.78 is 0. The van der Waals surface area contributed by atoms with Crippen LogP contribution in [0.4, 0.5) is 0 Å². The fraction of sp³-hybridized carbons (Fsp3) is 0.375. The minimum Gasteiger partial charge on any atom is -0.332 e. The molecule has 29 heavy (non-hydrogen) atoms. The van der Waals surface area contributed by atoms with E-state index in [0.717, 1.165) is 24.9 Å². The van der Waals surface area contributed by atoms with E-state index in [4.69, 9.17) is 0 Å². The lowest BCUT2D eigenvalue weighted by Crippen LogP contribution is -2.30. The van der Waals surface area contributed by atoms with Crippen molar-refractivity contribution in [3.63, 3.8) is 0 Å². The summed E-state index contributed by atoms with van der Waals surface area (Å²) in [6.07, 6.45) is 2.75. The molecule has 0 radical (unpaired) electrons. The van der Waals surface area contributed by atoms with Crippen molar-refractivity contribution >= 4 is 17.7 Å². The van der Waals surface area contributed by atoms with Crippen LogP contribution in [0.15, 0.2) is 42.5 Å². The van der Waals surface area contributed by atoms with Crippen LogP contribution >= 0.6 is 0 Å². The number of imide groups is 1. The van der Waals surface area contributed by atoms with E-state index in [1.165, 1.54) is 16.7 Å². The van der Waals surface area contributed by atoms with Gasteiger partial charge in [0.2, 0.25) is 11.8 Å². The van der Waals surface area contributed by atoms with Crippen molar-refractivity contribution in [3.8, 4) is 0 Å². The Balaban J connectivity index is 1.47. The third kappa shape index (κ3) is 3.95. The van der Waals surface area contributed by atoms with Crippen LogP contribution in [0.25, 0.3) is 0 Å². The Bertz CT molecular complexity index is 965. The molecule has 0 spiro atoms. The summed E-state index contributed by atoms with van der Waals surface area (Å²) in [6, 6.07) is 14.0. The standard InChI is InChI=1S/C24H26N2O3/c1-15-5-8-19(12-16(15)2)21-4-3-11-26(21)24(29)18-9-6-17(7-10-18)13-20-14-22(27)25-23(20)28/h5-10,12,20-21H,3-4,11,13-14H2,1-2H3,(H,25,27,28)/t20-,21-/m0/s1. The van der Waals surface area contributed by atoms with Gasteiger partial charge in [0.25, 0.3) is 5.91 Å². The monoisotopic (exact) mass is 390 g/mol. The summed E-state index contributed by atoms with van der Waals surface area (Å²) in [5.74, 6) is -0.676. The number of hydrogen-bond donors (Lipinski definition) is 1. The molecule has 0 bridgehead atoms. The van der Waals surface area contributed by atoms with Crippen LogP contribution in [0.2, 0.25) is 0 Å². The predicted octanol–water partition coefficient (Wildman–Crippen LogP) is 3.49. The van der Waals surface area contributed by atoms with E-state index in [9.17, 15) is 14.4 Å². The number of carbonyl (C=O) groups is 3. The lowest BCUT2D eigenvalue weighted by Gasteiger charge is -2.26. The van der Waals surface area contributed by atoms with E-state index < -0.39 is 0 Å². The smallest absolute Gasteiger partial charge is 0.254 e. The number of nitrogens with one attached hydrogen (secondary N) is 1. The van der Waals surface area contributed by atoms with Crippen LogP contribution in [-0.4, -0.2) is 29.2 Å². The van der Waals surface area contributed by atoms with Gasteiger partial charge in [0.15, 0.2) is 0 Å². The second-order valence-corrected chi connectivity index (χ2v) is 8.21. The van der Waals surface area contributed by atoms with E-state index >= 15 is 0 Å². The van der Waals surface area contributed by atoms with Crippen LogP contribution in [-0.2, 0) is 16.0 Å². The van der Waals surface area contributed by atoms with Gasteiger partial charge in [0.05, 0.1) is 12.0 Å². The number of aryl methyl sites for hydroxylation is 2. The molecule has 2 aliphatic heterocycles. The molecule has 2 fully saturated rings. The van der Waals surface area contributed by atoms with Crippen LogP contribution in [0.5, 0.6) is 0 Å². The maximum absolute atomic E-state index is 13.2. The molecule has 1 N–H and O–H groups in total. The van der Waals surface area contributed by atoms with E-state index in [0.29, 0.717) is 12.0 Å². The van der Waals surface area contributed by atoms with Gasteiger partial charge >= 0.3 is 0 Å². The summed E-state index contributed by atoms with van der Waals surface area (Å²) >= 11 is 0. The predicted molar refractivity (Wildman–Crippen MR) is 110 cm³/mol. The van der Waals surface area contributed by atoms with Crippen LogP contribution in [0, 0.1) is 19.8 Å². The van der Waals surface area contributed by atoms with Gasteiger partial charge < -0.3 is 4.90 Å². The summed E-state index contributed by atoms with van der Waals surface area (Å²) in [6.45, 7) is 4.97. The van der Waals surface area contributed by atoms with E-state index in [1.54, 1.807) is 0 Å². The quantitative estimate of drug-likeness (QED) is 0.813. The van der Waals surface area contributed by atoms with Crippen molar-refractivity contribution in [2.75, 3.05) is 6.54 Å². The summed E-state index contributed by atoms with van der Waals surface area (Å²) in [5.41, 5.74) is 5.34. The third-order valence-corrected chi connectivity index (χ3v) is 6.18. The fourth-order valence-electron chi connectivity index (χ4n) is 4.33. The van der Waals surface area contributed by atoms with Gasteiger partial charge in [-0.05, 0) is 67.5 Å². The Morgan fingerprint density at radius 2 is 1.83 bits per heavy atom. The average Bonchev–Trinajstić information content (AvgIpc) is 3.30. The molecular formula is C24H26N2O3. The topological polar surface area (TPSA) is 66.5 Å². The molecule has 0 aromatic heterocycles. The first-order valence-electron chi connectivity index (χ1n) is 10.2. The Kier molecular flexibility index (Phi) is 5.22. The molecule has 2 heterocycles. The fourth-order valence-corrected chi connectivity index (χ4v) is 4.33. The minimum absolute atomic E-state index is 0.0473. The number of hydrogen-bond acceptors (Lipinski definition) is 3. The van der Waals surface area contributed by atoms with E-state index in [2.05, 4.69) is 37.4 Å². The Hall–Kier alpha value is -2.95. The van der Waals surface area contributed by atoms with Crippen molar-refractivity contribution in [2.45, 2.75) is 45.6 Å². The zero-order valence-electron chi connectivity index (χ0n) is 16.9. The molecular weight excluding hydrogens is 364 g/mol. The number of carbonyl (C=O) groups excluding carboxylic acids is 3. The molecule has 2 aliphatic rings. The van der Waals surface area contributed by atoms with Crippen molar-refractivity contribution in [3.05, 3.63) is 70.3 Å². The zero-order chi connectivity index (χ0) is 20.5. The van der Waals surface area contributed by atoms with Gasteiger partial charge in [0.1, 0.15) is 0 Å². The van der Waals surface area contributed by atoms with Crippen molar-refractivity contribution in [2.24, 2.45) is 5.92 Å². The number of likely N-dealkylation sites (tertiary alicyclic amines) is 1. The Labute approximate surface area is 171 Å². The van der Waals surface area contributed by atoms with Gasteiger partial charge in [0, 0.05) is 18.5 Å². The summed E-state index contributed by atoms with van der Waals surface area (Å²) in [7, 11) is 0. The van der Waals surface area contributed by atoms with Crippen molar-refractivity contribution in [1.29, 1.82) is 0 Å². The van der Waals surface area contributed by atoms with Gasteiger partial charge in [-0.15, -0.1) is 0 Å². The summed E-state index contributed by atoms with van der Waals surface area (Å²) in [5, 5.41) is 2.34. The second-order valence-electron chi connectivity index (χ2n) is 8.21. The molecule has 5 heteroatoms. The Morgan fingerprint density at radius 1 is 1.07 bits per heavy atom. The largest absolute Gasteiger partial charge is 0.332 e. The molecule has 150 valence electrons. The molecule has 0 aliphatic carbocycles. The first-order chi connectivity index (χ1) is 13.9. The molecule has 2 aromatic rings. The summed E-state index contributed by atoms with van der Waals surface area (Å²) in [4.78, 5) is 38.2. The number of amides is 3. The average molecular weight is 390 g/mol. The number of rotatable bonds is 4. The molecule has 0 unspecified atom stereocenters. The van der Waals surface area contributed by atoms with Crippen LogP contribution in [0.1, 0.15) is 57.9 Å². The third-order valence-electron chi connectivity index (χ3n) is 6.18. The highest BCUT2D eigenvalue weighted by Crippen LogP contribution is 2.34. The van der Waals surface area contributed by atoms with Gasteiger partial charge in [-0.2, -0.15) is 0 Å². The molecule has 2 aromatic carbocycles. The molecule has 4 rings (SSSR count). The van der Waals surface area contributed by atoms with Crippen LogP contribution < -0.4 is 5.32 Å². The zero-order valence-corrected chi connectivity index (χ0v) is 16.9. The molecule has 5 nitrogen and oxygen atoms in total. The maximum Gasteiger partial charge on any atom is 0.254 e. The maximum atomic E-state index is 13.2. The SMILES string of the molecule is Cc1ccc([C@@H]2CCCN2C(=O)c2ccc(C[C@H]3CC(=O)NC3=O)cc2)cc1C. The number of benzene rings is 2. The van der Waals surface area contributed by atoms with E-state index in [1.807, 2.05) is 29.2 Å². The van der Waals surface area contributed by atoms with Gasteiger partial charge in [-0.25, -0.2) is 0 Å². The van der Waals surface area contributed by atoms with Crippen molar-refractivity contribution < 1.29 is 14.4 Å². The highest BCUT2D eigenvalue weighted by molar-refractivity contribution is 6.03. The minimum atomic E-state index is -0.309. The highest BCUT2D eigenvalue weighted by Gasteiger charge is 2.32. The van der Waals surface area contributed by atoms with Gasteiger partial charge in [-0.1, -0.05) is 30.3 Å². The molecule has 2 atom stereocenters. The molecule has 2 saturated heterocycles.